The second-order valence-electron chi connectivity index (χ2n) is 3.89. The lowest BCUT2D eigenvalue weighted by Gasteiger charge is -2.14. The molecular weight excluding hydrogens is 222 g/mol. The predicted molar refractivity (Wildman–Crippen MR) is 60.2 cm³/mol. The van der Waals surface area contributed by atoms with Gasteiger partial charge in [-0.3, -0.25) is 0 Å². The summed E-state index contributed by atoms with van der Waals surface area (Å²) in [5.41, 5.74) is 0.172. The molecule has 1 amide bonds. The van der Waals surface area contributed by atoms with Crippen molar-refractivity contribution in [3.8, 4) is 5.75 Å². The lowest BCUT2D eigenvalue weighted by molar-refractivity contribution is 0.0697. The van der Waals surface area contributed by atoms with E-state index in [9.17, 15) is 9.59 Å². The molecule has 0 aromatic heterocycles. The summed E-state index contributed by atoms with van der Waals surface area (Å²) >= 11 is 0. The number of benzene rings is 1. The minimum Gasteiger partial charge on any atom is -0.478 e. The molecule has 90 valence electrons. The van der Waals surface area contributed by atoms with E-state index in [1.807, 2.05) is 0 Å². The molecule has 5 nitrogen and oxygen atoms in total. The highest BCUT2D eigenvalue weighted by molar-refractivity contribution is 5.87. The smallest absolute Gasteiger partial charge is 0.415 e. The molecule has 1 saturated heterocycles. The third-order valence-electron chi connectivity index (χ3n) is 2.67. The number of amides is 1. The van der Waals surface area contributed by atoms with Crippen molar-refractivity contribution in [2.24, 2.45) is 0 Å². The van der Waals surface area contributed by atoms with Gasteiger partial charge in [-0.1, -0.05) is 0 Å². The molecule has 0 radical (unpaired) electrons. The Balaban J connectivity index is 1.98. The van der Waals surface area contributed by atoms with Gasteiger partial charge in [0.25, 0.3) is 0 Å². The molecule has 1 heterocycles. The zero-order valence-corrected chi connectivity index (χ0v) is 9.26. The third-order valence-corrected chi connectivity index (χ3v) is 2.67. The molecule has 1 aliphatic rings. The first-order valence-corrected chi connectivity index (χ1v) is 5.47. The van der Waals surface area contributed by atoms with E-state index in [0.717, 1.165) is 25.9 Å². The van der Waals surface area contributed by atoms with Crippen molar-refractivity contribution < 1.29 is 19.4 Å². The van der Waals surface area contributed by atoms with Crippen molar-refractivity contribution in [2.45, 2.75) is 12.8 Å². The maximum atomic E-state index is 11.6. The van der Waals surface area contributed by atoms with Crippen LogP contribution in [0.25, 0.3) is 0 Å². The van der Waals surface area contributed by atoms with E-state index < -0.39 is 5.97 Å². The molecule has 0 unspecified atom stereocenters. The first kappa shape index (κ1) is 11.4. The molecule has 5 heteroatoms. The minimum absolute atomic E-state index is 0.172. The first-order valence-electron chi connectivity index (χ1n) is 5.47. The number of hydrogen-bond acceptors (Lipinski definition) is 3. The van der Waals surface area contributed by atoms with Crippen LogP contribution in [-0.2, 0) is 0 Å². The Morgan fingerprint density at radius 1 is 1.12 bits per heavy atom. The van der Waals surface area contributed by atoms with Crippen LogP contribution >= 0.6 is 0 Å². The Bertz CT molecular complexity index is 421. The fourth-order valence-corrected chi connectivity index (χ4v) is 1.73. The molecule has 17 heavy (non-hydrogen) atoms. The normalized spacial score (nSPS) is 14.7. The van der Waals surface area contributed by atoms with Crippen LogP contribution in [0.3, 0.4) is 0 Å². The Morgan fingerprint density at radius 3 is 2.24 bits per heavy atom. The summed E-state index contributed by atoms with van der Waals surface area (Å²) < 4.78 is 5.13. The van der Waals surface area contributed by atoms with Crippen LogP contribution in [0.1, 0.15) is 23.2 Å². The molecule has 0 bridgehead atoms. The molecule has 1 fully saturated rings. The number of carbonyl (C=O) groups is 2. The number of nitrogens with zero attached hydrogens (tertiary/aromatic N) is 1. The summed E-state index contributed by atoms with van der Waals surface area (Å²) in [6.45, 7) is 1.46. The Hall–Kier alpha value is -2.04. The van der Waals surface area contributed by atoms with Gasteiger partial charge < -0.3 is 14.7 Å². The van der Waals surface area contributed by atoms with Gasteiger partial charge in [0.1, 0.15) is 5.75 Å². The van der Waals surface area contributed by atoms with E-state index in [1.54, 1.807) is 4.90 Å². The van der Waals surface area contributed by atoms with Crippen LogP contribution in [0.5, 0.6) is 5.75 Å². The van der Waals surface area contributed by atoms with Gasteiger partial charge in [0.2, 0.25) is 0 Å². The van der Waals surface area contributed by atoms with E-state index in [4.69, 9.17) is 9.84 Å². The van der Waals surface area contributed by atoms with Gasteiger partial charge in [-0.15, -0.1) is 0 Å². The fourth-order valence-electron chi connectivity index (χ4n) is 1.73. The Morgan fingerprint density at radius 2 is 1.71 bits per heavy atom. The van der Waals surface area contributed by atoms with Crippen LogP contribution < -0.4 is 4.74 Å². The van der Waals surface area contributed by atoms with Crippen molar-refractivity contribution in [1.29, 1.82) is 0 Å². The largest absolute Gasteiger partial charge is 0.478 e. The number of ether oxygens (including phenoxy) is 1. The first-order chi connectivity index (χ1) is 8.16. The number of aromatic carboxylic acids is 1. The molecule has 1 aromatic rings. The van der Waals surface area contributed by atoms with Crippen molar-refractivity contribution in [3.05, 3.63) is 29.8 Å². The number of carboxylic acids is 1. The molecule has 0 atom stereocenters. The molecule has 2 rings (SSSR count). The zero-order chi connectivity index (χ0) is 12.3. The summed E-state index contributed by atoms with van der Waals surface area (Å²) in [6, 6.07) is 5.79. The van der Waals surface area contributed by atoms with Gasteiger partial charge in [0.15, 0.2) is 0 Å². The molecule has 0 spiro atoms. The predicted octanol–water partition coefficient (Wildman–Crippen LogP) is 1.98. The van der Waals surface area contributed by atoms with Gasteiger partial charge in [-0.05, 0) is 37.1 Å². The lowest BCUT2D eigenvalue weighted by Crippen LogP contribution is -2.30. The minimum atomic E-state index is -0.998. The van der Waals surface area contributed by atoms with Gasteiger partial charge >= 0.3 is 12.1 Å². The zero-order valence-electron chi connectivity index (χ0n) is 9.26. The fraction of sp³-hybridized carbons (Fsp3) is 0.333. The molecule has 0 aliphatic carbocycles. The number of likely N-dealkylation sites (tertiary alicyclic amines) is 1. The third kappa shape index (κ3) is 2.75. The van der Waals surface area contributed by atoms with E-state index in [1.165, 1.54) is 24.3 Å². The number of carbonyl (C=O) groups excluding carboxylic acids is 1. The molecule has 1 aromatic carbocycles. The second-order valence-corrected chi connectivity index (χ2v) is 3.89. The monoisotopic (exact) mass is 235 g/mol. The maximum absolute atomic E-state index is 11.6. The summed E-state index contributed by atoms with van der Waals surface area (Å²) in [5, 5.41) is 8.71. The second kappa shape index (κ2) is 4.86. The average Bonchev–Trinajstić information content (AvgIpc) is 2.83. The quantitative estimate of drug-likeness (QED) is 0.851. The summed E-state index contributed by atoms with van der Waals surface area (Å²) in [4.78, 5) is 23.9. The van der Waals surface area contributed by atoms with Crippen LogP contribution in [-0.4, -0.2) is 35.2 Å². The van der Waals surface area contributed by atoms with E-state index in [-0.39, 0.29) is 11.7 Å². The summed E-state index contributed by atoms with van der Waals surface area (Å²) in [6.07, 6.45) is 1.64. The summed E-state index contributed by atoms with van der Waals surface area (Å²) in [5.74, 6) is -0.630. The van der Waals surface area contributed by atoms with Crippen molar-refractivity contribution in [1.82, 2.24) is 4.90 Å². The SMILES string of the molecule is O=C(O)c1ccc(OC(=O)N2CCCC2)cc1. The van der Waals surface area contributed by atoms with Crippen molar-refractivity contribution in [2.75, 3.05) is 13.1 Å². The van der Waals surface area contributed by atoms with Crippen LogP contribution in [0.15, 0.2) is 24.3 Å². The van der Waals surface area contributed by atoms with E-state index in [2.05, 4.69) is 0 Å². The maximum Gasteiger partial charge on any atom is 0.415 e. The van der Waals surface area contributed by atoms with E-state index in [0.29, 0.717) is 5.75 Å². The highest BCUT2D eigenvalue weighted by Crippen LogP contribution is 2.15. The Labute approximate surface area is 98.6 Å². The number of carboxylic acid groups (broad SMARTS) is 1. The molecular formula is C12H13NO4. The van der Waals surface area contributed by atoms with Crippen LogP contribution in [0.4, 0.5) is 4.79 Å². The number of rotatable bonds is 2. The van der Waals surface area contributed by atoms with E-state index >= 15 is 0 Å². The highest BCUT2D eigenvalue weighted by Gasteiger charge is 2.19. The van der Waals surface area contributed by atoms with Gasteiger partial charge in [-0.25, -0.2) is 9.59 Å². The van der Waals surface area contributed by atoms with Crippen molar-refractivity contribution >= 4 is 12.1 Å². The standard InChI is InChI=1S/C12H13NO4/c14-11(15)9-3-5-10(6-4-9)17-12(16)13-7-1-2-8-13/h3-6H,1-2,7-8H2,(H,14,15). The van der Waals surface area contributed by atoms with Crippen molar-refractivity contribution in [3.63, 3.8) is 0 Å². The van der Waals surface area contributed by atoms with Gasteiger partial charge in [0, 0.05) is 13.1 Å². The number of hydrogen-bond donors (Lipinski definition) is 1. The van der Waals surface area contributed by atoms with Gasteiger partial charge in [-0.2, -0.15) is 0 Å². The highest BCUT2D eigenvalue weighted by atomic mass is 16.6. The van der Waals surface area contributed by atoms with Crippen LogP contribution in [0, 0.1) is 0 Å². The van der Waals surface area contributed by atoms with Crippen LogP contribution in [0.2, 0.25) is 0 Å². The topological polar surface area (TPSA) is 66.8 Å². The van der Waals surface area contributed by atoms with Gasteiger partial charge in [0.05, 0.1) is 5.56 Å². The lowest BCUT2D eigenvalue weighted by atomic mass is 10.2. The molecule has 0 saturated carbocycles. The molecule has 1 aliphatic heterocycles. The average molecular weight is 235 g/mol. The Kier molecular flexibility index (Phi) is 3.27. The molecule has 1 N–H and O–H groups in total. The summed E-state index contributed by atoms with van der Waals surface area (Å²) in [7, 11) is 0.